The second kappa shape index (κ2) is 15.1. The molecule has 0 radical (unpaired) electrons. The molecule has 0 heterocycles. The first-order valence-electron chi connectivity index (χ1n) is 9.61. The van der Waals surface area contributed by atoms with Gasteiger partial charge in [-0.25, -0.2) is 18.5 Å². The number of nitrogens with two attached hydrogens (primary N) is 1. The molecule has 0 bridgehead atoms. The maximum absolute atomic E-state index is 11.3. The maximum atomic E-state index is 11.3. The van der Waals surface area contributed by atoms with Gasteiger partial charge in [-0.2, -0.15) is 0 Å². The summed E-state index contributed by atoms with van der Waals surface area (Å²) in [5, 5.41) is 11.7. The van der Waals surface area contributed by atoms with E-state index < -0.39 is 10.0 Å². The van der Waals surface area contributed by atoms with Crippen molar-refractivity contribution in [1.29, 1.82) is 0 Å². The lowest BCUT2D eigenvalue weighted by Gasteiger charge is -2.11. The number of nitrogens with one attached hydrogen (secondary N) is 2. The van der Waals surface area contributed by atoms with Crippen molar-refractivity contribution in [3.63, 3.8) is 0 Å². The highest BCUT2D eigenvalue weighted by Crippen LogP contribution is 2.09. The summed E-state index contributed by atoms with van der Waals surface area (Å²) < 4.78 is 22.5. The van der Waals surface area contributed by atoms with Gasteiger partial charge in [0.15, 0.2) is 5.96 Å². The van der Waals surface area contributed by atoms with Crippen LogP contribution in [0.25, 0.3) is 0 Å². The Labute approximate surface area is 181 Å². The van der Waals surface area contributed by atoms with Crippen molar-refractivity contribution in [3.05, 3.63) is 29.8 Å². The quantitative estimate of drug-likeness (QED) is 0.173. The average Bonchev–Trinajstić information content (AvgIpc) is 2.61. The second-order valence-electron chi connectivity index (χ2n) is 6.43. The lowest BCUT2D eigenvalue weighted by molar-refractivity contribution is 0.584. The standard InChI is InChI=1S/C19H34N4O2S.HI/c1-3-5-6-7-8-9-10-15-22-19(21-4-2)23-16-17-11-13-18(14-12-17)26(20,24)25;/h11-14H,3-10,15-16H2,1-2H3,(H2,20,24,25)(H2,21,22,23);1H. The summed E-state index contributed by atoms with van der Waals surface area (Å²) in [5.74, 6) is 0.786. The number of aliphatic imine (C=N–C) groups is 1. The summed E-state index contributed by atoms with van der Waals surface area (Å²) in [4.78, 5) is 4.67. The molecule has 0 fully saturated rings. The molecule has 1 aromatic rings. The molecule has 4 N–H and O–H groups in total. The van der Waals surface area contributed by atoms with Crippen molar-refractivity contribution in [2.45, 2.75) is 70.2 Å². The van der Waals surface area contributed by atoms with E-state index in [0.717, 1.165) is 31.0 Å². The zero-order valence-electron chi connectivity index (χ0n) is 16.5. The highest BCUT2D eigenvalue weighted by atomic mass is 127. The third kappa shape index (κ3) is 12.2. The van der Waals surface area contributed by atoms with Crippen LogP contribution in [0.2, 0.25) is 0 Å². The zero-order chi connectivity index (χ0) is 19.3. The predicted octanol–water partition coefficient (Wildman–Crippen LogP) is 3.76. The third-order valence-electron chi connectivity index (χ3n) is 4.09. The van der Waals surface area contributed by atoms with E-state index >= 15 is 0 Å². The van der Waals surface area contributed by atoms with Gasteiger partial charge in [0, 0.05) is 13.1 Å². The molecule has 0 spiro atoms. The largest absolute Gasteiger partial charge is 0.357 e. The summed E-state index contributed by atoms with van der Waals surface area (Å²) >= 11 is 0. The number of hydrogen-bond donors (Lipinski definition) is 3. The fourth-order valence-electron chi connectivity index (χ4n) is 2.59. The Kier molecular flexibility index (Phi) is 14.6. The summed E-state index contributed by atoms with van der Waals surface area (Å²) in [6.45, 7) is 6.46. The van der Waals surface area contributed by atoms with Gasteiger partial charge in [0.2, 0.25) is 10.0 Å². The van der Waals surface area contributed by atoms with Crippen LogP contribution in [-0.4, -0.2) is 27.5 Å². The van der Waals surface area contributed by atoms with Gasteiger partial charge >= 0.3 is 0 Å². The third-order valence-corrected chi connectivity index (χ3v) is 5.02. The molecule has 0 atom stereocenters. The number of nitrogens with zero attached hydrogens (tertiary/aromatic N) is 1. The number of sulfonamides is 1. The van der Waals surface area contributed by atoms with E-state index in [1.807, 2.05) is 6.92 Å². The Morgan fingerprint density at radius 3 is 2.11 bits per heavy atom. The van der Waals surface area contributed by atoms with Gasteiger partial charge in [-0.1, -0.05) is 57.6 Å². The van der Waals surface area contributed by atoms with Gasteiger partial charge in [0.05, 0.1) is 11.4 Å². The molecule has 0 saturated heterocycles. The molecule has 0 aliphatic heterocycles. The van der Waals surface area contributed by atoms with Gasteiger partial charge in [0.25, 0.3) is 0 Å². The van der Waals surface area contributed by atoms with Gasteiger partial charge in [-0.05, 0) is 31.0 Å². The predicted molar refractivity (Wildman–Crippen MR) is 124 cm³/mol. The van der Waals surface area contributed by atoms with E-state index in [0.29, 0.717) is 6.54 Å². The zero-order valence-corrected chi connectivity index (χ0v) is 19.7. The Hall–Kier alpha value is -0.870. The fourth-order valence-corrected chi connectivity index (χ4v) is 3.10. The van der Waals surface area contributed by atoms with Gasteiger partial charge in [-0.3, -0.25) is 0 Å². The van der Waals surface area contributed by atoms with E-state index in [9.17, 15) is 8.42 Å². The summed E-state index contributed by atoms with van der Waals surface area (Å²) in [5.41, 5.74) is 0.936. The molecule has 0 unspecified atom stereocenters. The maximum Gasteiger partial charge on any atom is 0.238 e. The van der Waals surface area contributed by atoms with Crippen molar-refractivity contribution in [2.75, 3.05) is 13.1 Å². The monoisotopic (exact) mass is 510 g/mol. The Balaban J connectivity index is 0.00000676. The molecular formula is C19H35IN4O2S. The molecule has 0 saturated carbocycles. The smallest absolute Gasteiger partial charge is 0.238 e. The molecule has 0 aromatic heterocycles. The van der Waals surface area contributed by atoms with E-state index in [1.54, 1.807) is 12.1 Å². The molecule has 0 aliphatic carbocycles. The normalized spacial score (nSPS) is 11.7. The van der Waals surface area contributed by atoms with E-state index in [1.165, 1.54) is 50.7 Å². The van der Waals surface area contributed by atoms with Crippen molar-refractivity contribution in [2.24, 2.45) is 10.1 Å². The van der Waals surface area contributed by atoms with Gasteiger partial charge in [0.1, 0.15) is 0 Å². The Bertz CT molecular complexity index is 634. The Morgan fingerprint density at radius 2 is 1.56 bits per heavy atom. The van der Waals surface area contributed by atoms with E-state index in [2.05, 4.69) is 22.5 Å². The van der Waals surface area contributed by atoms with Crippen LogP contribution < -0.4 is 15.8 Å². The molecule has 6 nitrogen and oxygen atoms in total. The second-order valence-corrected chi connectivity index (χ2v) is 7.99. The summed E-state index contributed by atoms with van der Waals surface area (Å²) in [6.07, 6.45) is 8.98. The topological polar surface area (TPSA) is 96.6 Å². The first kappa shape index (κ1) is 26.1. The van der Waals surface area contributed by atoms with Gasteiger partial charge < -0.3 is 10.6 Å². The van der Waals surface area contributed by atoms with Crippen molar-refractivity contribution >= 4 is 40.0 Å². The molecule has 1 rings (SSSR count). The van der Waals surface area contributed by atoms with Crippen molar-refractivity contribution < 1.29 is 8.42 Å². The number of primary sulfonamides is 1. The highest BCUT2D eigenvalue weighted by Gasteiger charge is 2.06. The van der Waals surface area contributed by atoms with Crippen molar-refractivity contribution in [3.8, 4) is 0 Å². The van der Waals surface area contributed by atoms with E-state index in [-0.39, 0.29) is 28.9 Å². The fraction of sp³-hybridized carbons (Fsp3) is 0.632. The summed E-state index contributed by atoms with van der Waals surface area (Å²) in [6, 6.07) is 6.50. The number of rotatable bonds is 12. The Morgan fingerprint density at radius 1 is 0.963 bits per heavy atom. The van der Waals surface area contributed by atoms with Crippen LogP contribution in [0, 0.1) is 0 Å². The minimum absolute atomic E-state index is 0. The molecular weight excluding hydrogens is 475 g/mol. The minimum atomic E-state index is -3.65. The van der Waals surface area contributed by atoms with Crippen LogP contribution in [0.4, 0.5) is 0 Å². The molecule has 0 aliphatic rings. The van der Waals surface area contributed by atoms with Crippen LogP contribution in [0.3, 0.4) is 0 Å². The van der Waals surface area contributed by atoms with E-state index in [4.69, 9.17) is 5.14 Å². The molecule has 0 amide bonds. The SMILES string of the molecule is CCCCCCCCCNC(=NCc1ccc(S(N)(=O)=O)cc1)NCC.I. The van der Waals surface area contributed by atoms with Crippen LogP contribution in [0.1, 0.15) is 64.4 Å². The van der Waals surface area contributed by atoms with Crippen LogP contribution >= 0.6 is 24.0 Å². The van der Waals surface area contributed by atoms with Crippen LogP contribution in [-0.2, 0) is 16.6 Å². The number of guanidine groups is 1. The number of halogens is 1. The lowest BCUT2D eigenvalue weighted by Crippen LogP contribution is -2.37. The summed E-state index contributed by atoms with van der Waals surface area (Å²) in [7, 11) is -3.65. The molecule has 1 aromatic carbocycles. The van der Waals surface area contributed by atoms with Crippen LogP contribution in [0.5, 0.6) is 0 Å². The molecule has 8 heteroatoms. The molecule has 27 heavy (non-hydrogen) atoms. The molecule has 156 valence electrons. The lowest BCUT2D eigenvalue weighted by atomic mass is 10.1. The number of benzene rings is 1. The van der Waals surface area contributed by atoms with Crippen molar-refractivity contribution in [1.82, 2.24) is 10.6 Å². The first-order chi connectivity index (χ1) is 12.5. The number of unbranched alkanes of at least 4 members (excludes halogenated alkanes) is 6. The first-order valence-corrected chi connectivity index (χ1v) is 11.2. The average molecular weight is 510 g/mol. The number of hydrogen-bond acceptors (Lipinski definition) is 3. The van der Waals surface area contributed by atoms with Crippen LogP contribution in [0.15, 0.2) is 34.2 Å². The minimum Gasteiger partial charge on any atom is -0.357 e. The van der Waals surface area contributed by atoms with Gasteiger partial charge in [-0.15, -0.1) is 24.0 Å². The highest BCUT2D eigenvalue weighted by molar-refractivity contribution is 14.0.